The number of nitrogens with one attached hydrogen (secondary N) is 1. The first-order chi connectivity index (χ1) is 17.0. The summed E-state index contributed by atoms with van der Waals surface area (Å²) in [4.78, 5) is 3.25. The minimum atomic E-state index is -0.225. The van der Waals surface area contributed by atoms with Gasteiger partial charge in [-0.2, -0.15) is 0 Å². The molecule has 5 aromatic carbocycles. The molecule has 6 aromatic rings. The van der Waals surface area contributed by atoms with E-state index < -0.39 is 0 Å². The second-order valence-electron chi connectivity index (χ2n) is 7.67. The van der Waals surface area contributed by atoms with Crippen molar-refractivity contribution in [2.45, 2.75) is 0 Å². The van der Waals surface area contributed by atoms with Crippen LogP contribution in [0.15, 0.2) is 121 Å². The summed E-state index contributed by atoms with van der Waals surface area (Å²) in [5.41, 5.74) is 7.82. The summed E-state index contributed by atoms with van der Waals surface area (Å²) in [5.74, 6) is 0. The zero-order valence-electron chi connectivity index (χ0n) is 20.7. The van der Waals surface area contributed by atoms with E-state index in [9.17, 15) is 0 Å². The van der Waals surface area contributed by atoms with Crippen molar-refractivity contribution in [2.24, 2.45) is 0 Å². The Balaban J connectivity index is 1.58. The molecule has 1 aromatic heterocycles. The number of para-hydroxylation sites is 1. The molecule has 0 radical (unpaired) electrons. The van der Waals surface area contributed by atoms with Gasteiger partial charge in [0.15, 0.2) is 0 Å². The Morgan fingerprint density at radius 1 is 0.452 bits per heavy atom. The van der Waals surface area contributed by atoms with Crippen molar-refractivity contribution in [1.29, 1.82) is 0 Å². The molecule has 146 valence electrons. The lowest BCUT2D eigenvalue weighted by molar-refractivity contribution is 1.53. The fourth-order valence-electron chi connectivity index (χ4n) is 4.18. The molecule has 1 nitrogen and oxygen atoms in total. The molecule has 0 saturated heterocycles. The van der Waals surface area contributed by atoms with Gasteiger partial charge in [0, 0.05) is 21.8 Å². The van der Waals surface area contributed by atoms with Crippen LogP contribution in [-0.2, 0) is 0 Å². The molecule has 6 rings (SSSR count). The Morgan fingerprint density at radius 2 is 1.03 bits per heavy atom. The molecular weight excluding hydrogens is 374 g/mol. The molecule has 31 heavy (non-hydrogen) atoms. The molecule has 0 unspecified atom stereocenters. The summed E-state index contributed by atoms with van der Waals surface area (Å²) in [7, 11) is 0. The van der Waals surface area contributed by atoms with Crippen molar-refractivity contribution in [3.63, 3.8) is 0 Å². The minimum Gasteiger partial charge on any atom is -0.354 e. The van der Waals surface area contributed by atoms with E-state index in [-0.39, 0.29) is 24.2 Å². The highest BCUT2D eigenvalue weighted by Gasteiger charge is 2.09. The Morgan fingerprint density at radius 3 is 1.68 bits per heavy atom. The largest absolute Gasteiger partial charge is 0.354 e. The third kappa shape index (κ3) is 3.21. The quantitative estimate of drug-likeness (QED) is 0.308. The van der Waals surface area contributed by atoms with E-state index in [0.29, 0.717) is 10.9 Å². The number of H-pyrrole nitrogens is 1. The molecular formula is C30H21N. The maximum Gasteiger partial charge on any atom is 0.0645 e. The van der Waals surface area contributed by atoms with Crippen molar-refractivity contribution in [1.82, 2.24) is 4.98 Å². The molecule has 0 amide bonds. The summed E-state index contributed by atoms with van der Waals surface area (Å²) < 4.78 is 32.8. The van der Waals surface area contributed by atoms with E-state index >= 15 is 0 Å². The van der Waals surface area contributed by atoms with E-state index in [4.69, 9.17) is 5.48 Å². The van der Waals surface area contributed by atoms with Gasteiger partial charge in [-0.25, -0.2) is 0 Å². The van der Waals surface area contributed by atoms with Crippen molar-refractivity contribution >= 4 is 21.8 Å². The van der Waals surface area contributed by atoms with Crippen molar-refractivity contribution in [3.8, 4) is 33.4 Å². The van der Waals surface area contributed by atoms with Crippen LogP contribution < -0.4 is 0 Å². The first-order valence-corrected chi connectivity index (χ1v) is 10.3. The highest BCUT2D eigenvalue weighted by Crippen LogP contribution is 2.35. The van der Waals surface area contributed by atoms with Crippen LogP contribution >= 0.6 is 0 Å². The van der Waals surface area contributed by atoms with Gasteiger partial charge < -0.3 is 4.98 Å². The fourth-order valence-corrected chi connectivity index (χ4v) is 4.18. The van der Waals surface area contributed by atoms with Gasteiger partial charge in [0.05, 0.1) is 5.48 Å². The van der Waals surface area contributed by atoms with Crippen LogP contribution in [-0.4, -0.2) is 4.98 Å². The van der Waals surface area contributed by atoms with Crippen LogP contribution in [0.3, 0.4) is 0 Å². The van der Waals surface area contributed by atoms with Gasteiger partial charge in [-0.15, -0.1) is 0 Å². The Kier molecular flexibility index (Phi) is 3.30. The SMILES string of the molecule is [2H]c1c([2H])c([2H])c2c([nH]c3cc(-c4cc(-c5ccccc5)cc(-c5ccccc5)c4)ccc32)c1[2H]. The number of hydrogen-bond donors (Lipinski definition) is 1. The monoisotopic (exact) mass is 399 g/mol. The third-order valence-electron chi connectivity index (χ3n) is 5.72. The average molecular weight is 400 g/mol. The zero-order chi connectivity index (χ0) is 24.1. The summed E-state index contributed by atoms with van der Waals surface area (Å²) in [6, 6.07) is 32.7. The number of hydrogen-bond acceptors (Lipinski definition) is 0. The van der Waals surface area contributed by atoms with Crippen LogP contribution in [0.4, 0.5) is 0 Å². The first kappa shape index (κ1) is 14.0. The molecule has 0 aliphatic rings. The van der Waals surface area contributed by atoms with Crippen molar-refractivity contribution < 1.29 is 5.48 Å². The predicted molar refractivity (Wildman–Crippen MR) is 132 cm³/mol. The second kappa shape index (κ2) is 7.30. The van der Waals surface area contributed by atoms with Gasteiger partial charge in [-0.05, 0) is 63.7 Å². The van der Waals surface area contributed by atoms with E-state index in [1.807, 2.05) is 54.6 Å². The number of benzene rings is 5. The van der Waals surface area contributed by atoms with Crippen LogP contribution in [0.2, 0.25) is 0 Å². The predicted octanol–water partition coefficient (Wildman–Crippen LogP) is 8.32. The third-order valence-corrected chi connectivity index (χ3v) is 5.72. The Labute approximate surface area is 187 Å². The fraction of sp³-hybridized carbons (Fsp3) is 0. The molecule has 0 atom stereocenters. The molecule has 0 fully saturated rings. The minimum absolute atomic E-state index is 0.0163. The highest BCUT2D eigenvalue weighted by molar-refractivity contribution is 6.08. The number of aromatic nitrogens is 1. The van der Waals surface area contributed by atoms with Gasteiger partial charge >= 0.3 is 0 Å². The lowest BCUT2D eigenvalue weighted by Crippen LogP contribution is -1.86. The van der Waals surface area contributed by atoms with Crippen molar-refractivity contribution in [2.75, 3.05) is 0 Å². The number of fused-ring (bicyclic) bond motifs is 3. The molecule has 0 bridgehead atoms. The molecule has 0 aliphatic carbocycles. The van der Waals surface area contributed by atoms with E-state index in [0.717, 1.165) is 44.3 Å². The van der Waals surface area contributed by atoms with Gasteiger partial charge in [-0.1, -0.05) is 90.9 Å². The smallest absolute Gasteiger partial charge is 0.0645 e. The number of rotatable bonds is 3. The molecule has 1 heteroatoms. The van der Waals surface area contributed by atoms with E-state index in [1.165, 1.54) is 0 Å². The van der Waals surface area contributed by atoms with Crippen LogP contribution in [0.1, 0.15) is 5.48 Å². The lowest BCUT2D eigenvalue weighted by atomic mass is 9.93. The van der Waals surface area contributed by atoms with E-state index in [2.05, 4.69) is 47.4 Å². The molecule has 1 N–H and O–H groups in total. The maximum atomic E-state index is 8.38. The standard InChI is InChI=1S/C30H21N/c1-3-9-21(10-4-1)24-17-25(22-11-5-2-6-12-22)19-26(18-24)23-15-16-28-27-13-7-8-14-29(27)31-30(28)20-23/h1-20,31H/i7D,8D,13D,14D. The highest BCUT2D eigenvalue weighted by atomic mass is 14.7. The lowest BCUT2D eigenvalue weighted by Gasteiger charge is -2.11. The molecule has 0 aliphatic heterocycles. The topological polar surface area (TPSA) is 15.8 Å². The van der Waals surface area contributed by atoms with Crippen LogP contribution in [0.25, 0.3) is 55.2 Å². The molecule has 1 heterocycles. The summed E-state index contributed by atoms with van der Waals surface area (Å²) in [6.45, 7) is 0. The average Bonchev–Trinajstić information content (AvgIpc) is 3.30. The first-order valence-electron chi connectivity index (χ1n) is 12.3. The van der Waals surface area contributed by atoms with Crippen molar-refractivity contribution in [3.05, 3.63) is 121 Å². The van der Waals surface area contributed by atoms with Crippen LogP contribution in [0, 0.1) is 0 Å². The summed E-state index contributed by atoms with van der Waals surface area (Å²) in [6.07, 6.45) is 0. The molecule has 0 spiro atoms. The van der Waals surface area contributed by atoms with Gasteiger partial charge in [-0.3, -0.25) is 0 Å². The van der Waals surface area contributed by atoms with Crippen LogP contribution in [0.5, 0.6) is 0 Å². The van der Waals surface area contributed by atoms with Gasteiger partial charge in [0.1, 0.15) is 0 Å². The second-order valence-corrected chi connectivity index (χ2v) is 7.67. The normalized spacial score (nSPS) is 13.0. The van der Waals surface area contributed by atoms with E-state index in [1.54, 1.807) is 0 Å². The Bertz CT molecular complexity index is 1660. The molecule has 0 saturated carbocycles. The summed E-state index contributed by atoms with van der Waals surface area (Å²) >= 11 is 0. The van der Waals surface area contributed by atoms with Gasteiger partial charge in [0.25, 0.3) is 0 Å². The maximum absolute atomic E-state index is 8.38. The number of aromatic amines is 1. The zero-order valence-corrected chi connectivity index (χ0v) is 16.7. The summed E-state index contributed by atoms with van der Waals surface area (Å²) in [5, 5.41) is 1.32. The van der Waals surface area contributed by atoms with Gasteiger partial charge in [0.2, 0.25) is 0 Å². The Hall–Kier alpha value is -4.10.